The van der Waals surface area contributed by atoms with Crippen molar-refractivity contribution in [3.8, 4) is 0 Å². The van der Waals surface area contributed by atoms with Crippen LogP contribution in [-0.4, -0.2) is 56.8 Å². The third kappa shape index (κ3) is 3.11. The van der Waals surface area contributed by atoms with Crippen molar-refractivity contribution in [3.63, 3.8) is 0 Å². The molecule has 0 spiro atoms. The molecule has 6 nitrogen and oxygen atoms in total. The van der Waals surface area contributed by atoms with Gasteiger partial charge in [-0.25, -0.2) is 4.39 Å². The Kier molecular flexibility index (Phi) is 4.92. The van der Waals surface area contributed by atoms with Gasteiger partial charge in [0.2, 0.25) is 0 Å². The van der Waals surface area contributed by atoms with Crippen LogP contribution in [0.2, 0.25) is 0 Å². The Labute approximate surface area is 201 Å². The topological polar surface area (TPSA) is 75.4 Å². The number of Topliss-reactive ketones (excluding diaryl/α,β-unsaturated/α-hetero) is 1. The highest BCUT2D eigenvalue weighted by atomic mass is 19.1. The van der Waals surface area contributed by atoms with Crippen LogP contribution in [0.25, 0.3) is 0 Å². The minimum absolute atomic E-state index is 0.0242. The Morgan fingerprint density at radius 3 is 2.62 bits per heavy atom. The quantitative estimate of drug-likeness (QED) is 0.723. The second kappa shape index (κ2) is 7.37. The standard InChI is InChI=1S/C27H38FN3O3/c1-25-9-8-19-17(4-5-20-22-12-26(22,34)10-11-27(19,20)28)18(25)6-7-21(25)23(32)15-31-14-16(13-29-31)24(33)30(2)3/h13-14,17-22,34H,4-12,15H2,1-3H3/t17-,18-,19-,20+,21+,22?,25-,26-,27-/m0/s1. The average molecular weight is 472 g/mol. The maximum Gasteiger partial charge on any atom is 0.256 e. The predicted octanol–water partition coefficient (Wildman–Crippen LogP) is 3.88. The van der Waals surface area contributed by atoms with Gasteiger partial charge in [0.05, 0.1) is 23.9 Å². The Hall–Kier alpha value is -1.76. The lowest BCUT2D eigenvalue weighted by Crippen LogP contribution is -2.57. The molecule has 1 N–H and O–H groups in total. The number of carbonyl (C=O) groups is 2. The van der Waals surface area contributed by atoms with E-state index in [1.54, 1.807) is 25.0 Å². The smallest absolute Gasteiger partial charge is 0.256 e. The SMILES string of the molecule is CN(C)C(=O)c1cnn(CC(=O)[C@H]2CC[C@H]3[C@@H]4CC[C@@H]5C6C[C@@]6(O)CC[C@]5(F)[C@H]4CC[C@]23C)c1. The van der Waals surface area contributed by atoms with Gasteiger partial charge >= 0.3 is 0 Å². The van der Waals surface area contributed by atoms with Crippen molar-refractivity contribution < 1.29 is 19.1 Å². The molecule has 1 unspecified atom stereocenters. The number of alkyl halides is 1. The monoisotopic (exact) mass is 471 g/mol. The summed E-state index contributed by atoms with van der Waals surface area (Å²) in [7, 11) is 3.40. The minimum atomic E-state index is -1.12. The molecule has 7 heteroatoms. The van der Waals surface area contributed by atoms with E-state index >= 15 is 4.39 Å². The van der Waals surface area contributed by atoms with Crippen LogP contribution in [0.5, 0.6) is 0 Å². The van der Waals surface area contributed by atoms with Gasteiger partial charge in [0.1, 0.15) is 5.67 Å². The molecule has 1 amide bonds. The van der Waals surface area contributed by atoms with Gasteiger partial charge < -0.3 is 10.0 Å². The number of ketones is 1. The van der Waals surface area contributed by atoms with Crippen molar-refractivity contribution in [2.45, 2.75) is 82.5 Å². The largest absolute Gasteiger partial charge is 0.390 e. The fourth-order valence-electron chi connectivity index (χ4n) is 9.23. The molecule has 186 valence electrons. The number of fused-ring (bicyclic) bond motifs is 7. The van der Waals surface area contributed by atoms with Crippen molar-refractivity contribution in [1.82, 2.24) is 14.7 Å². The molecular formula is C27H38FN3O3. The van der Waals surface area contributed by atoms with Gasteiger partial charge in [-0.2, -0.15) is 5.10 Å². The highest BCUT2D eigenvalue weighted by molar-refractivity contribution is 5.93. The van der Waals surface area contributed by atoms with Crippen molar-refractivity contribution in [3.05, 3.63) is 18.0 Å². The van der Waals surface area contributed by atoms with Gasteiger partial charge in [-0.3, -0.25) is 14.3 Å². The molecule has 0 aliphatic heterocycles. The molecule has 5 fully saturated rings. The summed E-state index contributed by atoms with van der Waals surface area (Å²) in [6.45, 7) is 2.47. The first-order chi connectivity index (χ1) is 16.1. The van der Waals surface area contributed by atoms with Crippen LogP contribution < -0.4 is 0 Å². The van der Waals surface area contributed by atoms with E-state index in [1.807, 2.05) is 0 Å². The molecule has 0 saturated heterocycles. The van der Waals surface area contributed by atoms with Crippen LogP contribution in [0.4, 0.5) is 4.39 Å². The van der Waals surface area contributed by atoms with Crippen LogP contribution in [0.1, 0.15) is 75.1 Å². The highest BCUT2D eigenvalue weighted by Crippen LogP contribution is 2.71. The third-order valence-corrected chi connectivity index (χ3v) is 11.0. The fourth-order valence-corrected chi connectivity index (χ4v) is 9.23. The van der Waals surface area contributed by atoms with E-state index in [1.165, 1.54) is 11.1 Å². The zero-order chi connectivity index (χ0) is 24.0. The van der Waals surface area contributed by atoms with Gasteiger partial charge in [0, 0.05) is 26.2 Å². The van der Waals surface area contributed by atoms with Crippen LogP contribution in [-0.2, 0) is 11.3 Å². The predicted molar refractivity (Wildman–Crippen MR) is 125 cm³/mol. The molecule has 6 rings (SSSR count). The lowest BCUT2D eigenvalue weighted by atomic mass is 9.48. The summed E-state index contributed by atoms with van der Waals surface area (Å²) in [4.78, 5) is 27.2. The number of aliphatic hydroxyl groups is 1. The van der Waals surface area contributed by atoms with E-state index in [2.05, 4.69) is 12.0 Å². The summed E-state index contributed by atoms with van der Waals surface area (Å²) < 4.78 is 18.2. The normalized spacial score (nSPS) is 46.6. The number of aromatic nitrogens is 2. The third-order valence-electron chi connectivity index (χ3n) is 11.0. The summed E-state index contributed by atoms with van der Waals surface area (Å²) in [5.41, 5.74) is -1.27. The molecule has 0 bridgehead atoms. The van der Waals surface area contributed by atoms with Crippen molar-refractivity contribution >= 4 is 11.7 Å². The van der Waals surface area contributed by atoms with Crippen molar-refractivity contribution in [2.75, 3.05) is 14.1 Å². The number of hydrogen-bond acceptors (Lipinski definition) is 4. The van der Waals surface area contributed by atoms with Gasteiger partial charge in [0.15, 0.2) is 5.78 Å². The summed E-state index contributed by atoms with van der Waals surface area (Å²) >= 11 is 0. The Balaban J connectivity index is 1.17. The molecule has 34 heavy (non-hydrogen) atoms. The zero-order valence-corrected chi connectivity index (χ0v) is 20.7. The van der Waals surface area contributed by atoms with Crippen LogP contribution in [0.15, 0.2) is 12.4 Å². The number of amides is 1. The number of hydrogen-bond donors (Lipinski definition) is 1. The average Bonchev–Trinajstić information content (AvgIpc) is 3.11. The van der Waals surface area contributed by atoms with Crippen LogP contribution in [0.3, 0.4) is 0 Å². The summed E-state index contributed by atoms with van der Waals surface area (Å²) in [6, 6.07) is 0. The molecule has 1 heterocycles. The Bertz CT molecular complexity index is 1020. The maximum atomic E-state index is 16.6. The fraction of sp³-hybridized carbons (Fsp3) is 0.815. The summed E-state index contributed by atoms with van der Waals surface area (Å²) in [5.74, 6) is 1.12. The van der Waals surface area contributed by atoms with Crippen LogP contribution in [0, 0.1) is 40.9 Å². The molecular weight excluding hydrogens is 433 g/mol. The summed E-state index contributed by atoms with van der Waals surface area (Å²) in [5, 5.41) is 14.9. The molecule has 1 aromatic rings. The van der Waals surface area contributed by atoms with Gasteiger partial charge in [-0.05, 0) is 92.8 Å². The first kappa shape index (κ1) is 22.7. The van der Waals surface area contributed by atoms with E-state index < -0.39 is 11.3 Å². The first-order valence-corrected chi connectivity index (χ1v) is 13.2. The van der Waals surface area contributed by atoms with Crippen molar-refractivity contribution in [1.29, 1.82) is 0 Å². The Morgan fingerprint density at radius 2 is 1.85 bits per heavy atom. The van der Waals surface area contributed by atoms with E-state index in [4.69, 9.17) is 0 Å². The first-order valence-electron chi connectivity index (χ1n) is 13.2. The molecule has 5 aliphatic carbocycles. The molecule has 0 aromatic carbocycles. The summed E-state index contributed by atoms with van der Waals surface area (Å²) in [6.07, 6.45) is 10.7. The molecule has 9 atom stereocenters. The molecule has 0 radical (unpaired) electrons. The Morgan fingerprint density at radius 1 is 1.09 bits per heavy atom. The molecule has 5 aliphatic rings. The lowest BCUT2D eigenvalue weighted by Gasteiger charge is -2.58. The van der Waals surface area contributed by atoms with E-state index in [0.717, 1.165) is 44.9 Å². The number of rotatable bonds is 4. The number of halogens is 1. The number of carbonyl (C=O) groups excluding carboxylic acids is 2. The second-order valence-corrected chi connectivity index (χ2v) is 12.7. The molecule has 5 saturated carbocycles. The zero-order valence-electron chi connectivity index (χ0n) is 20.7. The lowest BCUT2D eigenvalue weighted by molar-refractivity contribution is -0.153. The van der Waals surface area contributed by atoms with Gasteiger partial charge in [-0.1, -0.05) is 6.92 Å². The number of nitrogens with zero attached hydrogens (tertiary/aromatic N) is 3. The second-order valence-electron chi connectivity index (χ2n) is 12.7. The van der Waals surface area contributed by atoms with E-state index in [-0.39, 0.29) is 47.3 Å². The maximum absolute atomic E-state index is 16.6. The van der Waals surface area contributed by atoms with Crippen molar-refractivity contribution in [2.24, 2.45) is 40.9 Å². The van der Waals surface area contributed by atoms with Gasteiger partial charge in [0.25, 0.3) is 5.91 Å². The van der Waals surface area contributed by atoms with E-state index in [9.17, 15) is 14.7 Å². The van der Waals surface area contributed by atoms with Crippen LogP contribution >= 0.6 is 0 Å². The molecule has 1 aromatic heterocycles. The minimum Gasteiger partial charge on any atom is -0.390 e. The van der Waals surface area contributed by atoms with Gasteiger partial charge in [-0.15, -0.1) is 0 Å². The highest BCUT2D eigenvalue weighted by Gasteiger charge is 2.71. The van der Waals surface area contributed by atoms with E-state index in [0.29, 0.717) is 30.2 Å².